The van der Waals surface area contributed by atoms with Gasteiger partial charge >= 0.3 is 5.97 Å². The summed E-state index contributed by atoms with van der Waals surface area (Å²) in [6.07, 6.45) is 3.03. The molecule has 1 aromatic heterocycles. The van der Waals surface area contributed by atoms with Crippen molar-refractivity contribution in [3.05, 3.63) is 11.6 Å². The number of aromatic nitrogens is 3. The number of hydrogen-bond acceptors (Lipinski definition) is 6. The SMILES string of the molecule is Cn1c(CN2CCN(C3(C(=O)O)CCOC3)CC2)nnc1C1CC1. The molecule has 3 aliphatic rings. The molecule has 2 saturated heterocycles. The van der Waals surface area contributed by atoms with Crippen molar-refractivity contribution in [1.82, 2.24) is 24.6 Å². The highest BCUT2D eigenvalue weighted by molar-refractivity contribution is 5.79. The van der Waals surface area contributed by atoms with Gasteiger partial charge in [0.25, 0.3) is 0 Å². The zero-order valence-corrected chi connectivity index (χ0v) is 14.1. The number of aliphatic carboxylic acids is 1. The van der Waals surface area contributed by atoms with E-state index in [0.29, 0.717) is 25.6 Å². The van der Waals surface area contributed by atoms with Crippen molar-refractivity contribution in [2.75, 3.05) is 39.4 Å². The highest BCUT2D eigenvalue weighted by Gasteiger charge is 2.48. The third kappa shape index (κ3) is 2.72. The molecule has 1 aromatic rings. The molecule has 0 spiro atoms. The Kier molecular flexibility index (Phi) is 4.06. The van der Waals surface area contributed by atoms with Gasteiger partial charge < -0.3 is 14.4 Å². The fourth-order valence-electron chi connectivity index (χ4n) is 3.85. The summed E-state index contributed by atoms with van der Waals surface area (Å²) >= 11 is 0. The number of rotatable bonds is 5. The number of carbonyl (C=O) groups is 1. The van der Waals surface area contributed by atoms with Gasteiger partial charge in [-0.25, -0.2) is 0 Å². The van der Waals surface area contributed by atoms with Gasteiger partial charge in [0.15, 0.2) is 0 Å². The molecule has 1 aliphatic carbocycles. The van der Waals surface area contributed by atoms with Gasteiger partial charge in [0.05, 0.1) is 13.2 Å². The van der Waals surface area contributed by atoms with Crippen molar-refractivity contribution < 1.29 is 14.6 Å². The fourth-order valence-corrected chi connectivity index (χ4v) is 3.85. The van der Waals surface area contributed by atoms with Crippen LogP contribution in [-0.4, -0.2) is 80.6 Å². The zero-order chi connectivity index (χ0) is 16.7. The predicted molar refractivity (Wildman–Crippen MR) is 85.6 cm³/mol. The lowest BCUT2D eigenvalue weighted by molar-refractivity contribution is -0.153. The summed E-state index contributed by atoms with van der Waals surface area (Å²) < 4.78 is 7.52. The van der Waals surface area contributed by atoms with Gasteiger partial charge in [-0.1, -0.05) is 0 Å². The van der Waals surface area contributed by atoms with Crippen LogP contribution in [0.25, 0.3) is 0 Å². The first-order valence-electron chi connectivity index (χ1n) is 8.77. The van der Waals surface area contributed by atoms with E-state index < -0.39 is 11.5 Å². The summed E-state index contributed by atoms with van der Waals surface area (Å²) in [5.41, 5.74) is -0.823. The van der Waals surface area contributed by atoms with Gasteiger partial charge in [-0.3, -0.25) is 14.6 Å². The molecule has 0 radical (unpaired) electrons. The largest absolute Gasteiger partial charge is 0.480 e. The second kappa shape index (κ2) is 6.09. The highest BCUT2D eigenvalue weighted by Crippen LogP contribution is 2.38. The minimum absolute atomic E-state index is 0.302. The van der Waals surface area contributed by atoms with Gasteiger partial charge in [-0.2, -0.15) is 0 Å². The molecule has 4 rings (SSSR count). The molecule has 1 atom stereocenters. The molecule has 0 aromatic carbocycles. The molecule has 3 fully saturated rings. The maximum absolute atomic E-state index is 11.8. The smallest absolute Gasteiger partial charge is 0.326 e. The lowest BCUT2D eigenvalue weighted by Gasteiger charge is -2.42. The van der Waals surface area contributed by atoms with E-state index in [1.807, 2.05) is 0 Å². The molecule has 1 N–H and O–H groups in total. The van der Waals surface area contributed by atoms with Crippen LogP contribution in [0.15, 0.2) is 0 Å². The van der Waals surface area contributed by atoms with Crippen LogP contribution in [0.1, 0.15) is 36.8 Å². The van der Waals surface area contributed by atoms with Crippen molar-refractivity contribution >= 4 is 5.97 Å². The Hall–Kier alpha value is -1.51. The summed E-state index contributed by atoms with van der Waals surface area (Å²) in [4.78, 5) is 16.2. The van der Waals surface area contributed by atoms with E-state index >= 15 is 0 Å². The van der Waals surface area contributed by atoms with Gasteiger partial charge in [0, 0.05) is 52.2 Å². The highest BCUT2D eigenvalue weighted by atomic mass is 16.5. The fraction of sp³-hybridized carbons (Fsp3) is 0.812. The Bertz CT molecular complexity index is 613. The van der Waals surface area contributed by atoms with Crippen LogP contribution in [-0.2, 0) is 23.1 Å². The van der Waals surface area contributed by atoms with Crippen molar-refractivity contribution in [1.29, 1.82) is 0 Å². The van der Waals surface area contributed by atoms with Crippen LogP contribution in [0.4, 0.5) is 0 Å². The third-order valence-corrected chi connectivity index (χ3v) is 5.68. The number of ether oxygens (including phenoxy) is 1. The van der Waals surface area contributed by atoms with Crippen LogP contribution >= 0.6 is 0 Å². The first-order chi connectivity index (χ1) is 11.6. The maximum Gasteiger partial charge on any atom is 0.326 e. The second-order valence-corrected chi connectivity index (χ2v) is 7.21. The molecule has 8 heteroatoms. The maximum atomic E-state index is 11.8. The van der Waals surface area contributed by atoms with Gasteiger partial charge in [0.2, 0.25) is 0 Å². The van der Waals surface area contributed by atoms with Gasteiger partial charge in [0.1, 0.15) is 17.2 Å². The lowest BCUT2D eigenvalue weighted by Crippen LogP contribution is -2.61. The number of carboxylic acid groups (broad SMARTS) is 1. The van der Waals surface area contributed by atoms with Crippen molar-refractivity contribution in [2.24, 2.45) is 7.05 Å². The first kappa shape index (κ1) is 16.0. The Morgan fingerprint density at radius 1 is 1.29 bits per heavy atom. The summed E-state index contributed by atoms with van der Waals surface area (Å²) in [5, 5.41) is 18.3. The average Bonchev–Trinajstić information content (AvgIpc) is 3.17. The summed E-state index contributed by atoms with van der Waals surface area (Å²) in [6.45, 7) is 4.82. The summed E-state index contributed by atoms with van der Waals surface area (Å²) in [5.74, 6) is 1.96. The molecular formula is C16H25N5O3. The Balaban J connectivity index is 1.37. The average molecular weight is 335 g/mol. The van der Waals surface area contributed by atoms with Crippen LogP contribution in [0.5, 0.6) is 0 Å². The van der Waals surface area contributed by atoms with E-state index in [-0.39, 0.29) is 0 Å². The lowest BCUT2D eigenvalue weighted by atomic mass is 9.95. The molecule has 1 unspecified atom stereocenters. The molecule has 132 valence electrons. The van der Waals surface area contributed by atoms with Gasteiger partial charge in [-0.15, -0.1) is 10.2 Å². The predicted octanol–water partition coefficient (Wildman–Crippen LogP) is 0.0538. The number of piperazine rings is 1. The minimum Gasteiger partial charge on any atom is -0.480 e. The molecule has 0 bridgehead atoms. The van der Waals surface area contributed by atoms with Gasteiger partial charge in [-0.05, 0) is 12.8 Å². The Morgan fingerprint density at radius 3 is 2.62 bits per heavy atom. The molecule has 8 nitrogen and oxygen atoms in total. The number of carboxylic acids is 1. The van der Waals surface area contributed by atoms with Crippen LogP contribution in [0.2, 0.25) is 0 Å². The van der Waals surface area contributed by atoms with E-state index in [2.05, 4.69) is 31.6 Å². The molecule has 1 saturated carbocycles. The number of hydrogen-bond donors (Lipinski definition) is 1. The van der Waals surface area contributed by atoms with E-state index in [4.69, 9.17) is 4.74 Å². The van der Waals surface area contributed by atoms with Crippen molar-refractivity contribution in [3.8, 4) is 0 Å². The molecular weight excluding hydrogens is 310 g/mol. The topological polar surface area (TPSA) is 83.7 Å². The van der Waals surface area contributed by atoms with Crippen molar-refractivity contribution in [2.45, 2.75) is 37.3 Å². The Morgan fingerprint density at radius 2 is 2.04 bits per heavy atom. The monoisotopic (exact) mass is 335 g/mol. The standard InChI is InChI=1S/C16H25N5O3/c1-19-13(17-18-14(19)12-2-3-12)10-20-5-7-21(8-6-20)16(15(22)23)4-9-24-11-16/h12H,2-11H2,1H3,(H,22,23). The van der Waals surface area contributed by atoms with Crippen molar-refractivity contribution in [3.63, 3.8) is 0 Å². The zero-order valence-electron chi connectivity index (χ0n) is 14.1. The van der Waals surface area contributed by atoms with Crippen LogP contribution < -0.4 is 0 Å². The quantitative estimate of drug-likeness (QED) is 0.814. The normalized spacial score (nSPS) is 29.2. The summed E-state index contributed by atoms with van der Waals surface area (Å²) in [7, 11) is 2.05. The molecule has 3 heterocycles. The third-order valence-electron chi connectivity index (χ3n) is 5.68. The van der Waals surface area contributed by atoms with E-state index in [0.717, 1.165) is 44.4 Å². The summed E-state index contributed by atoms with van der Waals surface area (Å²) in [6, 6.07) is 0. The number of nitrogens with zero attached hydrogens (tertiary/aromatic N) is 5. The minimum atomic E-state index is -0.823. The van der Waals surface area contributed by atoms with Crippen LogP contribution in [0.3, 0.4) is 0 Å². The second-order valence-electron chi connectivity index (χ2n) is 7.21. The molecule has 0 amide bonds. The Labute approximate surface area is 141 Å². The van der Waals surface area contributed by atoms with E-state index in [1.165, 1.54) is 12.8 Å². The van der Waals surface area contributed by atoms with E-state index in [9.17, 15) is 9.90 Å². The van der Waals surface area contributed by atoms with E-state index in [1.54, 1.807) is 0 Å². The van der Waals surface area contributed by atoms with Crippen LogP contribution in [0, 0.1) is 0 Å². The molecule has 24 heavy (non-hydrogen) atoms. The first-order valence-corrected chi connectivity index (χ1v) is 8.77. The molecule has 2 aliphatic heterocycles.